The molecule has 0 aliphatic heterocycles. The van der Waals surface area contributed by atoms with E-state index in [9.17, 15) is 18.0 Å². The Morgan fingerprint density at radius 1 is 1.25 bits per heavy atom. The zero-order valence-electron chi connectivity index (χ0n) is 11.0. The third-order valence-electron chi connectivity index (χ3n) is 2.23. The van der Waals surface area contributed by atoms with Gasteiger partial charge < -0.3 is 9.47 Å². The minimum atomic E-state index is -4.53. The molecular weight excluding hydrogens is 275 g/mol. The minimum Gasteiger partial charge on any atom is -0.494 e. The van der Waals surface area contributed by atoms with E-state index in [4.69, 9.17) is 4.74 Å². The number of carbonyl (C=O) groups is 1. The number of halogens is 3. The van der Waals surface area contributed by atoms with Gasteiger partial charge in [0.1, 0.15) is 5.75 Å². The predicted molar refractivity (Wildman–Crippen MR) is 67.9 cm³/mol. The zero-order valence-corrected chi connectivity index (χ0v) is 11.0. The maximum absolute atomic E-state index is 11.8. The molecule has 0 aromatic heterocycles. The first-order chi connectivity index (χ1) is 9.40. The molecule has 112 valence electrons. The number of carbonyl (C=O) groups excluding carboxylic acids is 1. The van der Waals surface area contributed by atoms with Gasteiger partial charge in [0.15, 0.2) is 6.61 Å². The van der Waals surface area contributed by atoms with E-state index in [2.05, 4.69) is 10.1 Å². The molecule has 1 amide bonds. The van der Waals surface area contributed by atoms with Crippen LogP contribution < -0.4 is 10.1 Å². The first-order valence-electron chi connectivity index (χ1n) is 6.14. The highest BCUT2D eigenvalue weighted by Crippen LogP contribution is 2.17. The summed E-state index contributed by atoms with van der Waals surface area (Å²) in [4.78, 5) is 11.1. The third kappa shape index (κ3) is 6.86. The van der Waals surface area contributed by atoms with Crippen LogP contribution in [-0.4, -0.2) is 25.5 Å². The molecular formula is C13H16F3NO3. The molecule has 0 atom stereocenters. The molecule has 0 unspecified atom stereocenters. The first-order valence-corrected chi connectivity index (χ1v) is 6.14. The lowest BCUT2D eigenvalue weighted by Gasteiger charge is -2.10. The van der Waals surface area contributed by atoms with E-state index in [0.29, 0.717) is 18.0 Å². The van der Waals surface area contributed by atoms with Gasteiger partial charge in [0, 0.05) is 5.69 Å². The van der Waals surface area contributed by atoms with Gasteiger partial charge >= 0.3 is 12.3 Å². The number of hydrogen-bond donors (Lipinski definition) is 1. The predicted octanol–water partition coefficient (Wildman–Crippen LogP) is 3.98. The van der Waals surface area contributed by atoms with Gasteiger partial charge in [-0.2, -0.15) is 13.2 Å². The first kappa shape index (κ1) is 16.1. The van der Waals surface area contributed by atoms with Crippen molar-refractivity contribution in [2.45, 2.75) is 25.9 Å². The van der Waals surface area contributed by atoms with Crippen molar-refractivity contribution in [3.8, 4) is 5.75 Å². The van der Waals surface area contributed by atoms with Gasteiger partial charge in [-0.15, -0.1) is 0 Å². The Kier molecular flexibility index (Phi) is 6.14. The summed E-state index contributed by atoms with van der Waals surface area (Å²) in [7, 11) is 0. The van der Waals surface area contributed by atoms with Crippen LogP contribution in [-0.2, 0) is 4.74 Å². The number of rotatable bonds is 6. The van der Waals surface area contributed by atoms with E-state index in [-0.39, 0.29) is 0 Å². The molecule has 0 aliphatic carbocycles. The van der Waals surface area contributed by atoms with Gasteiger partial charge in [-0.1, -0.05) is 13.3 Å². The summed E-state index contributed by atoms with van der Waals surface area (Å²) < 4.78 is 44.9. The Morgan fingerprint density at radius 3 is 2.45 bits per heavy atom. The Morgan fingerprint density at radius 2 is 1.90 bits per heavy atom. The fourth-order valence-corrected chi connectivity index (χ4v) is 1.27. The number of hydrogen-bond acceptors (Lipinski definition) is 3. The highest BCUT2D eigenvalue weighted by molar-refractivity contribution is 5.84. The molecule has 1 aromatic carbocycles. The van der Waals surface area contributed by atoms with Crippen LogP contribution in [0.2, 0.25) is 0 Å². The number of benzene rings is 1. The van der Waals surface area contributed by atoms with E-state index in [1.165, 1.54) is 12.1 Å². The van der Waals surface area contributed by atoms with Gasteiger partial charge in [-0.3, -0.25) is 5.32 Å². The van der Waals surface area contributed by atoms with Crippen LogP contribution in [0.5, 0.6) is 5.75 Å². The van der Waals surface area contributed by atoms with Gasteiger partial charge in [-0.25, -0.2) is 4.79 Å². The second-order valence-electron chi connectivity index (χ2n) is 4.04. The van der Waals surface area contributed by atoms with Gasteiger partial charge in [0.05, 0.1) is 6.61 Å². The maximum Gasteiger partial charge on any atom is 0.422 e. The largest absolute Gasteiger partial charge is 0.494 e. The smallest absolute Gasteiger partial charge is 0.422 e. The van der Waals surface area contributed by atoms with Crippen LogP contribution in [0.4, 0.5) is 23.7 Å². The Balaban J connectivity index is 2.39. The van der Waals surface area contributed by atoms with E-state index >= 15 is 0 Å². The molecule has 0 aliphatic rings. The SMILES string of the molecule is CCCCOc1ccc(NC(=O)OCC(F)(F)F)cc1. The number of amides is 1. The van der Waals surface area contributed by atoms with E-state index in [0.717, 1.165) is 12.8 Å². The Hall–Kier alpha value is -1.92. The minimum absolute atomic E-state index is 0.333. The van der Waals surface area contributed by atoms with E-state index in [1.54, 1.807) is 12.1 Å². The lowest BCUT2D eigenvalue weighted by atomic mass is 10.3. The summed E-state index contributed by atoms with van der Waals surface area (Å²) >= 11 is 0. The van der Waals surface area contributed by atoms with Crippen LogP contribution in [0.3, 0.4) is 0 Å². The number of anilines is 1. The van der Waals surface area contributed by atoms with Crippen molar-refractivity contribution in [3.63, 3.8) is 0 Å². The molecule has 0 bridgehead atoms. The molecule has 1 aromatic rings. The van der Waals surface area contributed by atoms with Crippen molar-refractivity contribution in [2.24, 2.45) is 0 Å². The van der Waals surface area contributed by atoms with Crippen LogP contribution in [0.1, 0.15) is 19.8 Å². The summed E-state index contributed by atoms with van der Waals surface area (Å²) in [5, 5.41) is 2.19. The van der Waals surface area contributed by atoms with Crippen LogP contribution in [0.25, 0.3) is 0 Å². The zero-order chi connectivity index (χ0) is 15.0. The number of unbranched alkanes of at least 4 members (excludes halogenated alkanes) is 1. The van der Waals surface area contributed by atoms with Gasteiger partial charge in [-0.05, 0) is 30.7 Å². The number of alkyl halides is 3. The van der Waals surface area contributed by atoms with Crippen molar-refractivity contribution in [1.82, 2.24) is 0 Å². The van der Waals surface area contributed by atoms with E-state index in [1.807, 2.05) is 6.92 Å². The van der Waals surface area contributed by atoms with Crippen LogP contribution in [0, 0.1) is 0 Å². The normalized spacial score (nSPS) is 11.0. The lowest BCUT2D eigenvalue weighted by molar-refractivity contribution is -0.159. The standard InChI is InChI=1S/C13H16F3NO3/c1-2-3-8-19-11-6-4-10(5-7-11)17-12(18)20-9-13(14,15)16/h4-7H,2-3,8-9H2,1H3,(H,17,18). The lowest BCUT2D eigenvalue weighted by Crippen LogP contribution is -2.23. The molecule has 0 saturated heterocycles. The number of nitrogens with one attached hydrogen (secondary N) is 1. The molecule has 1 N–H and O–H groups in total. The maximum atomic E-state index is 11.8. The summed E-state index contributed by atoms with van der Waals surface area (Å²) in [5.41, 5.74) is 0.333. The van der Waals surface area contributed by atoms with Crippen molar-refractivity contribution in [3.05, 3.63) is 24.3 Å². The topological polar surface area (TPSA) is 47.6 Å². The van der Waals surface area contributed by atoms with Crippen molar-refractivity contribution in [2.75, 3.05) is 18.5 Å². The molecule has 0 heterocycles. The molecule has 4 nitrogen and oxygen atoms in total. The molecule has 20 heavy (non-hydrogen) atoms. The van der Waals surface area contributed by atoms with Crippen LogP contribution >= 0.6 is 0 Å². The fraction of sp³-hybridized carbons (Fsp3) is 0.462. The molecule has 7 heteroatoms. The van der Waals surface area contributed by atoms with E-state index < -0.39 is 18.9 Å². The Labute approximate surface area is 114 Å². The second kappa shape index (κ2) is 7.62. The average molecular weight is 291 g/mol. The molecule has 0 spiro atoms. The average Bonchev–Trinajstić information content (AvgIpc) is 2.38. The highest BCUT2D eigenvalue weighted by atomic mass is 19.4. The summed E-state index contributed by atoms with van der Waals surface area (Å²) in [5.74, 6) is 0.632. The van der Waals surface area contributed by atoms with Gasteiger partial charge in [0.2, 0.25) is 0 Å². The highest BCUT2D eigenvalue weighted by Gasteiger charge is 2.29. The molecule has 0 radical (unpaired) electrons. The van der Waals surface area contributed by atoms with Crippen LogP contribution in [0.15, 0.2) is 24.3 Å². The molecule has 0 saturated carbocycles. The fourth-order valence-electron chi connectivity index (χ4n) is 1.27. The van der Waals surface area contributed by atoms with Crippen molar-refractivity contribution < 1.29 is 27.4 Å². The quantitative estimate of drug-likeness (QED) is 0.806. The molecule has 0 fully saturated rings. The number of ether oxygens (including phenoxy) is 2. The molecule has 1 rings (SSSR count). The van der Waals surface area contributed by atoms with Crippen molar-refractivity contribution >= 4 is 11.8 Å². The van der Waals surface area contributed by atoms with Crippen molar-refractivity contribution in [1.29, 1.82) is 0 Å². The Bertz CT molecular complexity index is 418. The summed E-state index contributed by atoms with van der Waals surface area (Å²) in [6.45, 7) is 1.02. The second-order valence-corrected chi connectivity index (χ2v) is 4.04. The monoisotopic (exact) mass is 291 g/mol. The summed E-state index contributed by atoms with van der Waals surface area (Å²) in [6.07, 6.45) is -3.73. The van der Waals surface area contributed by atoms with Gasteiger partial charge in [0.25, 0.3) is 0 Å². The third-order valence-corrected chi connectivity index (χ3v) is 2.23. The summed E-state index contributed by atoms with van der Waals surface area (Å²) in [6, 6.07) is 6.29.